The monoisotopic (exact) mass is 191 g/mol. The van der Waals surface area contributed by atoms with Crippen LogP contribution in [0.2, 0.25) is 0 Å². The highest BCUT2D eigenvalue weighted by molar-refractivity contribution is 5.93. The standard InChI is InChI=1S/C11H13NO2/c1-8(13)10-4-5-12(11(14)6-10)7-9-2-3-9/h4-6,9H,2-3,7H2,1H3. The minimum Gasteiger partial charge on any atom is -0.315 e. The van der Waals surface area contributed by atoms with E-state index in [1.807, 2.05) is 0 Å². The Balaban J connectivity index is 2.26. The minimum absolute atomic E-state index is 0.0549. The van der Waals surface area contributed by atoms with Gasteiger partial charge in [0.25, 0.3) is 5.56 Å². The SMILES string of the molecule is CC(=O)c1ccn(CC2CC2)c(=O)c1. The zero-order valence-corrected chi connectivity index (χ0v) is 8.19. The van der Waals surface area contributed by atoms with E-state index in [2.05, 4.69) is 0 Å². The van der Waals surface area contributed by atoms with Gasteiger partial charge in [-0.2, -0.15) is 0 Å². The van der Waals surface area contributed by atoms with Crippen LogP contribution in [0.25, 0.3) is 0 Å². The number of rotatable bonds is 3. The van der Waals surface area contributed by atoms with Gasteiger partial charge in [0, 0.05) is 24.4 Å². The topological polar surface area (TPSA) is 39.1 Å². The van der Waals surface area contributed by atoms with Gasteiger partial charge >= 0.3 is 0 Å². The average Bonchev–Trinajstić information content (AvgIpc) is 2.92. The minimum atomic E-state index is -0.0652. The highest BCUT2D eigenvalue weighted by atomic mass is 16.1. The van der Waals surface area contributed by atoms with Crippen molar-refractivity contribution in [2.24, 2.45) is 5.92 Å². The smallest absolute Gasteiger partial charge is 0.251 e. The maximum absolute atomic E-state index is 11.5. The second kappa shape index (κ2) is 3.40. The molecule has 0 radical (unpaired) electrons. The van der Waals surface area contributed by atoms with E-state index in [-0.39, 0.29) is 11.3 Å². The van der Waals surface area contributed by atoms with Crippen LogP contribution < -0.4 is 5.56 Å². The first kappa shape index (κ1) is 9.19. The van der Waals surface area contributed by atoms with E-state index in [1.165, 1.54) is 25.8 Å². The van der Waals surface area contributed by atoms with Crippen molar-refractivity contribution in [3.05, 3.63) is 34.2 Å². The quantitative estimate of drug-likeness (QED) is 0.678. The summed E-state index contributed by atoms with van der Waals surface area (Å²) >= 11 is 0. The van der Waals surface area contributed by atoms with Crippen LogP contribution in [0.5, 0.6) is 0 Å². The summed E-state index contributed by atoms with van der Waals surface area (Å²) in [6, 6.07) is 3.14. The third-order valence-electron chi connectivity index (χ3n) is 2.55. The number of hydrogen-bond donors (Lipinski definition) is 0. The molecule has 0 aliphatic heterocycles. The molecule has 3 nitrogen and oxygen atoms in total. The van der Waals surface area contributed by atoms with Crippen molar-refractivity contribution in [3.63, 3.8) is 0 Å². The van der Waals surface area contributed by atoms with E-state index >= 15 is 0 Å². The average molecular weight is 191 g/mol. The third kappa shape index (κ3) is 1.92. The zero-order chi connectivity index (χ0) is 10.1. The van der Waals surface area contributed by atoms with Gasteiger partial charge in [-0.25, -0.2) is 0 Å². The molecule has 1 heterocycles. The van der Waals surface area contributed by atoms with E-state index in [9.17, 15) is 9.59 Å². The predicted molar refractivity (Wildman–Crippen MR) is 53.4 cm³/mol. The summed E-state index contributed by atoms with van der Waals surface area (Å²) in [5.74, 6) is 0.622. The fourth-order valence-corrected chi connectivity index (χ4v) is 1.46. The van der Waals surface area contributed by atoms with Crippen molar-refractivity contribution >= 4 is 5.78 Å². The first-order chi connectivity index (χ1) is 6.66. The number of carbonyl (C=O) groups is 1. The molecule has 0 atom stereocenters. The molecule has 2 rings (SSSR count). The van der Waals surface area contributed by atoms with E-state index < -0.39 is 0 Å². The van der Waals surface area contributed by atoms with Crippen LogP contribution in [0, 0.1) is 5.92 Å². The van der Waals surface area contributed by atoms with Gasteiger partial charge in [0.1, 0.15) is 0 Å². The van der Waals surface area contributed by atoms with Gasteiger partial charge in [-0.15, -0.1) is 0 Å². The summed E-state index contributed by atoms with van der Waals surface area (Å²) in [4.78, 5) is 22.5. The summed E-state index contributed by atoms with van der Waals surface area (Å²) in [5, 5.41) is 0. The Kier molecular flexibility index (Phi) is 2.23. The Morgan fingerprint density at radius 3 is 2.79 bits per heavy atom. The Morgan fingerprint density at radius 2 is 2.29 bits per heavy atom. The molecule has 74 valence electrons. The van der Waals surface area contributed by atoms with E-state index in [0.29, 0.717) is 11.5 Å². The van der Waals surface area contributed by atoms with Crippen LogP contribution in [0.15, 0.2) is 23.1 Å². The number of pyridine rings is 1. The summed E-state index contributed by atoms with van der Waals surface area (Å²) in [6.45, 7) is 2.27. The number of aromatic nitrogens is 1. The summed E-state index contributed by atoms with van der Waals surface area (Å²) in [5.41, 5.74) is 0.437. The lowest BCUT2D eigenvalue weighted by Crippen LogP contribution is -2.20. The number of nitrogens with zero attached hydrogens (tertiary/aromatic N) is 1. The Bertz CT molecular complexity index is 416. The summed E-state index contributed by atoms with van der Waals surface area (Å²) in [6.07, 6.45) is 4.17. The predicted octanol–water partition coefficient (Wildman–Crippen LogP) is 1.46. The van der Waals surface area contributed by atoms with Crippen molar-refractivity contribution in [2.75, 3.05) is 0 Å². The van der Waals surface area contributed by atoms with Crippen molar-refractivity contribution in [1.82, 2.24) is 4.57 Å². The summed E-state index contributed by atoms with van der Waals surface area (Å²) in [7, 11) is 0. The molecule has 1 fully saturated rings. The van der Waals surface area contributed by atoms with Crippen molar-refractivity contribution in [2.45, 2.75) is 26.3 Å². The van der Waals surface area contributed by atoms with Gasteiger partial charge < -0.3 is 4.57 Å². The van der Waals surface area contributed by atoms with Crippen LogP contribution in [0.4, 0.5) is 0 Å². The van der Waals surface area contributed by atoms with E-state index in [4.69, 9.17) is 0 Å². The number of carbonyl (C=O) groups excluding carboxylic acids is 1. The first-order valence-electron chi connectivity index (χ1n) is 4.88. The molecule has 0 spiro atoms. The molecule has 0 aromatic carbocycles. The number of ketones is 1. The van der Waals surface area contributed by atoms with Gasteiger partial charge in [-0.3, -0.25) is 9.59 Å². The van der Waals surface area contributed by atoms with Gasteiger partial charge in [-0.05, 0) is 31.7 Å². The molecular formula is C11H13NO2. The molecule has 1 aromatic rings. The van der Waals surface area contributed by atoms with Crippen LogP contribution in [0.1, 0.15) is 30.1 Å². The second-order valence-corrected chi connectivity index (χ2v) is 3.91. The molecular weight excluding hydrogens is 178 g/mol. The third-order valence-corrected chi connectivity index (χ3v) is 2.55. The molecule has 3 heteroatoms. The van der Waals surface area contributed by atoms with Crippen LogP contribution in [0.3, 0.4) is 0 Å². The lowest BCUT2D eigenvalue weighted by atomic mass is 10.2. The van der Waals surface area contributed by atoms with Gasteiger partial charge in [0.15, 0.2) is 5.78 Å². The lowest BCUT2D eigenvalue weighted by Gasteiger charge is -2.03. The molecule has 1 aliphatic rings. The lowest BCUT2D eigenvalue weighted by molar-refractivity contribution is 0.101. The van der Waals surface area contributed by atoms with Crippen LogP contribution in [-0.4, -0.2) is 10.4 Å². The molecule has 1 aliphatic carbocycles. The van der Waals surface area contributed by atoms with E-state index in [1.54, 1.807) is 16.8 Å². The number of Topliss-reactive ketones (excluding diaryl/α,β-unsaturated/α-hetero) is 1. The first-order valence-corrected chi connectivity index (χ1v) is 4.88. The zero-order valence-electron chi connectivity index (χ0n) is 8.19. The van der Waals surface area contributed by atoms with Gasteiger partial charge in [0.2, 0.25) is 0 Å². The molecule has 1 aromatic heterocycles. The van der Waals surface area contributed by atoms with Crippen molar-refractivity contribution in [3.8, 4) is 0 Å². The van der Waals surface area contributed by atoms with Crippen molar-refractivity contribution in [1.29, 1.82) is 0 Å². The van der Waals surface area contributed by atoms with Crippen LogP contribution in [-0.2, 0) is 6.54 Å². The Labute approximate surface area is 82.4 Å². The molecule has 0 bridgehead atoms. The molecule has 1 saturated carbocycles. The fourth-order valence-electron chi connectivity index (χ4n) is 1.46. The summed E-state index contributed by atoms with van der Waals surface area (Å²) < 4.78 is 1.68. The molecule has 0 saturated heterocycles. The Morgan fingerprint density at radius 1 is 1.57 bits per heavy atom. The van der Waals surface area contributed by atoms with Gasteiger partial charge in [-0.1, -0.05) is 0 Å². The largest absolute Gasteiger partial charge is 0.315 e. The normalized spacial score (nSPS) is 15.5. The maximum Gasteiger partial charge on any atom is 0.251 e. The van der Waals surface area contributed by atoms with Gasteiger partial charge in [0.05, 0.1) is 0 Å². The molecule has 14 heavy (non-hydrogen) atoms. The van der Waals surface area contributed by atoms with E-state index in [0.717, 1.165) is 6.54 Å². The highest BCUT2D eigenvalue weighted by Crippen LogP contribution is 2.29. The van der Waals surface area contributed by atoms with Crippen LogP contribution >= 0.6 is 0 Å². The maximum atomic E-state index is 11.5. The fraction of sp³-hybridized carbons (Fsp3) is 0.455. The highest BCUT2D eigenvalue weighted by Gasteiger charge is 2.21. The Hall–Kier alpha value is -1.38. The molecule has 0 N–H and O–H groups in total. The molecule has 0 unspecified atom stereocenters. The van der Waals surface area contributed by atoms with Crippen molar-refractivity contribution < 1.29 is 4.79 Å². The number of hydrogen-bond acceptors (Lipinski definition) is 2. The second-order valence-electron chi connectivity index (χ2n) is 3.91. The molecule has 0 amide bonds.